The Kier molecular flexibility index (Phi) is 5.47. The van der Waals surface area contributed by atoms with Gasteiger partial charge in [-0.3, -0.25) is 14.7 Å². The number of nitrogens with zero attached hydrogens (tertiary/aromatic N) is 2. The third-order valence-corrected chi connectivity index (χ3v) is 2.47. The zero-order valence-electron chi connectivity index (χ0n) is 11.6. The number of carbonyl (C=O) groups excluding carboxylic acids is 2. The van der Waals surface area contributed by atoms with Crippen molar-refractivity contribution in [3.63, 3.8) is 0 Å². The molecule has 19 heavy (non-hydrogen) atoms. The molecule has 7 heteroatoms. The maximum atomic E-state index is 11.5. The van der Waals surface area contributed by atoms with Crippen LogP contribution < -0.4 is 10.6 Å². The molecule has 1 rings (SSSR count). The molecule has 0 radical (unpaired) electrons. The molecule has 0 fully saturated rings. The van der Waals surface area contributed by atoms with Crippen LogP contribution >= 0.6 is 0 Å². The third kappa shape index (κ3) is 5.98. The lowest BCUT2D eigenvalue weighted by Gasteiger charge is -2.17. The van der Waals surface area contributed by atoms with Crippen LogP contribution in [0.15, 0.2) is 6.33 Å². The van der Waals surface area contributed by atoms with E-state index >= 15 is 0 Å². The van der Waals surface area contributed by atoms with Crippen LogP contribution in [-0.4, -0.2) is 40.1 Å². The van der Waals surface area contributed by atoms with E-state index in [1.165, 1.54) is 6.33 Å². The second kappa shape index (κ2) is 6.86. The molecule has 2 amide bonds. The molecule has 3 N–H and O–H groups in total. The molecule has 0 spiro atoms. The number of nitrogens with one attached hydrogen (secondary N) is 3. The highest BCUT2D eigenvalue weighted by atomic mass is 16.2. The van der Waals surface area contributed by atoms with Gasteiger partial charge in [-0.15, -0.1) is 0 Å². The van der Waals surface area contributed by atoms with Crippen molar-refractivity contribution in [3.05, 3.63) is 12.2 Å². The second-order valence-corrected chi connectivity index (χ2v) is 5.32. The van der Waals surface area contributed by atoms with Gasteiger partial charge >= 0.3 is 0 Å². The normalized spacial score (nSPS) is 11.1. The summed E-state index contributed by atoms with van der Waals surface area (Å²) in [5, 5.41) is 11.8. The fourth-order valence-corrected chi connectivity index (χ4v) is 1.32. The number of rotatable bonds is 6. The van der Waals surface area contributed by atoms with Crippen LogP contribution in [0.25, 0.3) is 0 Å². The molecular weight excluding hydrogens is 246 g/mol. The average Bonchev–Trinajstić information content (AvgIpc) is 2.83. The van der Waals surface area contributed by atoms with Gasteiger partial charge in [-0.2, -0.15) is 5.10 Å². The van der Waals surface area contributed by atoms with Gasteiger partial charge in [0.05, 0.1) is 6.54 Å². The van der Waals surface area contributed by atoms with Gasteiger partial charge in [0, 0.05) is 18.4 Å². The molecule has 0 saturated heterocycles. The first kappa shape index (κ1) is 15.1. The highest BCUT2D eigenvalue weighted by Gasteiger charge is 2.21. The Labute approximate surface area is 112 Å². The van der Waals surface area contributed by atoms with Crippen molar-refractivity contribution in [1.29, 1.82) is 0 Å². The predicted octanol–water partition coefficient (Wildman–Crippen LogP) is 0.0158. The van der Waals surface area contributed by atoms with E-state index in [0.29, 0.717) is 6.54 Å². The van der Waals surface area contributed by atoms with Gasteiger partial charge in [0.25, 0.3) is 0 Å². The number of amides is 2. The number of aromatic amines is 1. The highest BCUT2D eigenvalue weighted by molar-refractivity contribution is 5.87. The van der Waals surface area contributed by atoms with Crippen molar-refractivity contribution in [2.45, 2.75) is 33.6 Å². The fourth-order valence-electron chi connectivity index (χ4n) is 1.32. The van der Waals surface area contributed by atoms with Gasteiger partial charge in [-0.1, -0.05) is 20.8 Å². The first-order valence-electron chi connectivity index (χ1n) is 6.29. The number of H-pyrrole nitrogens is 1. The molecule has 0 aliphatic carbocycles. The van der Waals surface area contributed by atoms with Crippen LogP contribution in [0.2, 0.25) is 0 Å². The van der Waals surface area contributed by atoms with Gasteiger partial charge in [-0.25, -0.2) is 4.98 Å². The topological polar surface area (TPSA) is 99.8 Å². The maximum absolute atomic E-state index is 11.5. The number of carbonyl (C=O) groups is 2. The molecule has 0 aliphatic heterocycles. The summed E-state index contributed by atoms with van der Waals surface area (Å²) in [7, 11) is 0. The first-order valence-corrected chi connectivity index (χ1v) is 6.29. The summed E-state index contributed by atoms with van der Waals surface area (Å²) in [6, 6.07) is 0. The van der Waals surface area contributed by atoms with E-state index in [-0.39, 0.29) is 18.4 Å². The molecule has 0 bridgehead atoms. The van der Waals surface area contributed by atoms with Crippen LogP contribution in [0.3, 0.4) is 0 Å². The number of hydrogen-bond donors (Lipinski definition) is 3. The molecule has 0 atom stereocenters. The molecule has 0 saturated carbocycles. The summed E-state index contributed by atoms with van der Waals surface area (Å²) in [6.07, 6.45) is 2.96. The zero-order valence-corrected chi connectivity index (χ0v) is 11.6. The summed E-state index contributed by atoms with van der Waals surface area (Å²) in [5.74, 6) is 0.481. The molecule has 0 aliphatic rings. The van der Waals surface area contributed by atoms with E-state index < -0.39 is 5.41 Å². The summed E-state index contributed by atoms with van der Waals surface area (Å²) >= 11 is 0. The lowest BCUT2D eigenvalue weighted by molar-refractivity contribution is -0.131. The maximum Gasteiger partial charge on any atom is 0.239 e. The summed E-state index contributed by atoms with van der Waals surface area (Å²) < 4.78 is 0. The Morgan fingerprint density at radius 3 is 2.63 bits per heavy atom. The van der Waals surface area contributed by atoms with Crippen molar-refractivity contribution in [2.24, 2.45) is 5.41 Å². The quantitative estimate of drug-likeness (QED) is 0.632. The van der Waals surface area contributed by atoms with Crippen molar-refractivity contribution in [3.8, 4) is 0 Å². The van der Waals surface area contributed by atoms with Crippen LogP contribution in [0.5, 0.6) is 0 Å². The Bertz CT molecular complexity index is 408. The summed E-state index contributed by atoms with van der Waals surface area (Å²) in [5.41, 5.74) is -0.480. The zero-order chi connectivity index (χ0) is 14.3. The standard InChI is InChI=1S/C12H21N5O2/c1-12(2,3)11(19)14-7-10(18)13-6-4-5-9-15-8-16-17-9/h8H,4-7H2,1-3H3,(H,13,18)(H,14,19)(H,15,16,17). The van der Waals surface area contributed by atoms with Crippen LogP contribution in [-0.2, 0) is 16.0 Å². The van der Waals surface area contributed by atoms with E-state index in [0.717, 1.165) is 18.7 Å². The Morgan fingerprint density at radius 2 is 2.05 bits per heavy atom. The summed E-state index contributed by atoms with van der Waals surface area (Å²) in [4.78, 5) is 27.0. The number of hydrogen-bond acceptors (Lipinski definition) is 4. The monoisotopic (exact) mass is 267 g/mol. The summed E-state index contributed by atoms with van der Waals surface area (Å²) in [6.45, 7) is 5.97. The van der Waals surface area contributed by atoms with Crippen molar-refractivity contribution in [2.75, 3.05) is 13.1 Å². The second-order valence-electron chi connectivity index (χ2n) is 5.32. The number of aromatic nitrogens is 3. The number of aryl methyl sites for hydroxylation is 1. The van der Waals surface area contributed by atoms with Gasteiger partial charge < -0.3 is 10.6 Å². The van der Waals surface area contributed by atoms with Gasteiger partial charge in [-0.05, 0) is 6.42 Å². The van der Waals surface area contributed by atoms with Gasteiger partial charge in [0.15, 0.2) is 0 Å². The minimum atomic E-state index is -0.480. The Hall–Kier alpha value is -1.92. The molecule has 7 nitrogen and oxygen atoms in total. The van der Waals surface area contributed by atoms with Crippen LogP contribution in [0, 0.1) is 5.41 Å². The van der Waals surface area contributed by atoms with Crippen molar-refractivity contribution < 1.29 is 9.59 Å². The predicted molar refractivity (Wildman–Crippen MR) is 70.2 cm³/mol. The molecule has 1 aromatic rings. The van der Waals surface area contributed by atoms with E-state index in [1.807, 2.05) is 0 Å². The molecule has 0 aromatic carbocycles. The fraction of sp³-hybridized carbons (Fsp3) is 0.667. The molecule has 1 heterocycles. The van der Waals surface area contributed by atoms with Crippen molar-refractivity contribution in [1.82, 2.24) is 25.8 Å². The van der Waals surface area contributed by atoms with E-state index in [9.17, 15) is 9.59 Å². The van der Waals surface area contributed by atoms with Gasteiger partial charge in [0.2, 0.25) is 11.8 Å². The Balaban J connectivity index is 2.10. The van der Waals surface area contributed by atoms with Gasteiger partial charge in [0.1, 0.15) is 12.2 Å². The molecule has 0 unspecified atom stereocenters. The largest absolute Gasteiger partial charge is 0.355 e. The molecule has 106 valence electrons. The molecule has 1 aromatic heterocycles. The smallest absolute Gasteiger partial charge is 0.239 e. The average molecular weight is 267 g/mol. The van der Waals surface area contributed by atoms with Crippen LogP contribution in [0.1, 0.15) is 33.0 Å². The van der Waals surface area contributed by atoms with Crippen LogP contribution in [0.4, 0.5) is 0 Å². The first-order chi connectivity index (χ1) is 8.89. The van der Waals surface area contributed by atoms with E-state index in [4.69, 9.17) is 0 Å². The van der Waals surface area contributed by atoms with E-state index in [2.05, 4.69) is 25.8 Å². The third-order valence-electron chi connectivity index (χ3n) is 2.47. The lowest BCUT2D eigenvalue weighted by atomic mass is 9.96. The lowest BCUT2D eigenvalue weighted by Crippen LogP contribution is -2.41. The SMILES string of the molecule is CC(C)(C)C(=O)NCC(=O)NCCCc1ncn[nH]1. The van der Waals surface area contributed by atoms with E-state index in [1.54, 1.807) is 20.8 Å². The van der Waals surface area contributed by atoms with Crippen molar-refractivity contribution >= 4 is 11.8 Å². The Morgan fingerprint density at radius 1 is 1.32 bits per heavy atom. The minimum absolute atomic E-state index is 0.0123. The minimum Gasteiger partial charge on any atom is -0.355 e. The highest BCUT2D eigenvalue weighted by Crippen LogP contribution is 2.11. The molecular formula is C12H21N5O2.